The second-order valence-corrected chi connectivity index (χ2v) is 9.57. The lowest BCUT2D eigenvalue weighted by atomic mass is 9.70. The highest BCUT2D eigenvalue weighted by Gasteiger charge is 2.36. The van der Waals surface area contributed by atoms with Crippen LogP contribution in [0.1, 0.15) is 36.0 Å². The molecule has 1 heterocycles. The molecule has 2 aromatic carbocycles. The summed E-state index contributed by atoms with van der Waals surface area (Å²) in [5.41, 5.74) is 2.84. The van der Waals surface area contributed by atoms with Crippen LogP contribution >= 0.6 is 31.9 Å². The number of amides is 1. The van der Waals surface area contributed by atoms with Gasteiger partial charge in [0, 0.05) is 34.4 Å². The minimum Gasteiger partial charge on any atom is -0.345 e. The highest BCUT2D eigenvalue weighted by Crippen LogP contribution is 2.37. The number of nitriles is 1. The Morgan fingerprint density at radius 1 is 1.14 bits per heavy atom. The van der Waals surface area contributed by atoms with E-state index < -0.39 is 0 Å². The highest BCUT2D eigenvalue weighted by molar-refractivity contribution is 9.11. The van der Waals surface area contributed by atoms with Gasteiger partial charge in [0.15, 0.2) is 0 Å². The zero-order valence-corrected chi connectivity index (χ0v) is 19.7. The van der Waals surface area contributed by atoms with Gasteiger partial charge in [-0.2, -0.15) is 5.26 Å². The SMILES string of the molecule is CN(CCc1cc(Br)cc(Br)c1)C(=O)CC1(c2ccc(C#N)cc2)CCNCC1. The van der Waals surface area contributed by atoms with Crippen molar-refractivity contribution in [3.63, 3.8) is 0 Å². The summed E-state index contributed by atoms with van der Waals surface area (Å²) in [6.45, 7) is 2.50. The Hall–Kier alpha value is -1.68. The Labute approximate surface area is 189 Å². The van der Waals surface area contributed by atoms with Gasteiger partial charge in [0.05, 0.1) is 11.6 Å². The van der Waals surface area contributed by atoms with E-state index in [9.17, 15) is 4.79 Å². The maximum absolute atomic E-state index is 13.1. The van der Waals surface area contributed by atoms with Crippen molar-refractivity contribution in [2.24, 2.45) is 0 Å². The molecule has 1 fully saturated rings. The fourth-order valence-electron chi connectivity index (χ4n) is 3.97. The second-order valence-electron chi connectivity index (χ2n) is 7.74. The van der Waals surface area contributed by atoms with E-state index in [2.05, 4.69) is 55.4 Å². The van der Waals surface area contributed by atoms with E-state index >= 15 is 0 Å². The first-order valence-electron chi connectivity index (χ1n) is 9.82. The van der Waals surface area contributed by atoms with Crippen molar-refractivity contribution in [1.29, 1.82) is 5.26 Å². The van der Waals surface area contributed by atoms with Crippen LogP contribution in [0.2, 0.25) is 0 Å². The maximum atomic E-state index is 13.1. The van der Waals surface area contributed by atoms with Gasteiger partial charge in [-0.05, 0) is 73.8 Å². The summed E-state index contributed by atoms with van der Waals surface area (Å²) in [6, 6.07) is 16.1. The van der Waals surface area contributed by atoms with Crippen LogP contribution in [-0.4, -0.2) is 37.5 Å². The van der Waals surface area contributed by atoms with Gasteiger partial charge in [-0.15, -0.1) is 0 Å². The van der Waals surface area contributed by atoms with Gasteiger partial charge in [0.25, 0.3) is 0 Å². The summed E-state index contributed by atoms with van der Waals surface area (Å²) in [5.74, 6) is 0.172. The number of nitrogens with one attached hydrogen (secondary N) is 1. The Morgan fingerprint density at radius 3 is 2.34 bits per heavy atom. The van der Waals surface area contributed by atoms with Crippen LogP contribution in [0.3, 0.4) is 0 Å². The monoisotopic (exact) mass is 517 g/mol. The molecule has 3 rings (SSSR count). The molecule has 1 aliphatic heterocycles. The number of benzene rings is 2. The van der Waals surface area contributed by atoms with E-state index in [1.54, 1.807) is 0 Å². The molecule has 0 aromatic heterocycles. The standard InChI is InChI=1S/C23H25Br2N3O/c1-28(11-6-18-12-20(24)14-21(25)13-18)22(29)15-23(7-9-27-10-8-23)19-4-2-17(16-26)3-5-19/h2-5,12-14,27H,6-11,15H2,1H3. The third kappa shape index (κ3) is 5.69. The van der Waals surface area contributed by atoms with Crippen LogP contribution in [0.4, 0.5) is 0 Å². The first-order valence-corrected chi connectivity index (χ1v) is 11.4. The van der Waals surface area contributed by atoms with Crippen molar-refractivity contribution in [2.75, 3.05) is 26.7 Å². The number of nitrogens with zero attached hydrogens (tertiary/aromatic N) is 2. The van der Waals surface area contributed by atoms with Crippen LogP contribution in [0.5, 0.6) is 0 Å². The first kappa shape index (κ1) is 22.0. The summed E-state index contributed by atoms with van der Waals surface area (Å²) in [7, 11) is 1.89. The molecule has 2 aromatic rings. The average Bonchev–Trinajstić information content (AvgIpc) is 2.72. The van der Waals surface area contributed by atoms with Crippen LogP contribution in [0.15, 0.2) is 51.4 Å². The third-order valence-electron chi connectivity index (χ3n) is 5.76. The van der Waals surface area contributed by atoms with Gasteiger partial charge in [-0.1, -0.05) is 44.0 Å². The number of rotatable bonds is 6. The largest absolute Gasteiger partial charge is 0.345 e. The van der Waals surface area contributed by atoms with Crippen LogP contribution < -0.4 is 5.32 Å². The molecule has 0 radical (unpaired) electrons. The summed E-state index contributed by atoms with van der Waals surface area (Å²) in [5, 5.41) is 12.5. The molecule has 1 N–H and O–H groups in total. The molecule has 1 amide bonds. The quantitative estimate of drug-likeness (QED) is 0.597. The van der Waals surface area contributed by atoms with Crippen molar-refractivity contribution in [2.45, 2.75) is 31.1 Å². The minimum absolute atomic E-state index is 0.163. The smallest absolute Gasteiger partial charge is 0.223 e. The highest BCUT2D eigenvalue weighted by atomic mass is 79.9. The van der Waals surface area contributed by atoms with Gasteiger partial charge in [0.2, 0.25) is 5.91 Å². The molecule has 29 heavy (non-hydrogen) atoms. The number of carbonyl (C=O) groups excluding carboxylic acids is 1. The molecule has 0 saturated carbocycles. The molecule has 0 spiro atoms. The van der Waals surface area contributed by atoms with E-state index in [1.807, 2.05) is 42.3 Å². The molecule has 0 unspecified atom stereocenters. The van der Waals surface area contributed by atoms with E-state index in [0.29, 0.717) is 18.5 Å². The van der Waals surface area contributed by atoms with Crippen LogP contribution in [0.25, 0.3) is 0 Å². The van der Waals surface area contributed by atoms with E-state index in [0.717, 1.165) is 46.9 Å². The molecule has 152 valence electrons. The molecule has 1 aliphatic rings. The van der Waals surface area contributed by atoms with Gasteiger partial charge in [-0.25, -0.2) is 0 Å². The van der Waals surface area contributed by atoms with Crippen molar-refractivity contribution in [1.82, 2.24) is 10.2 Å². The number of carbonyl (C=O) groups is 1. The fraction of sp³-hybridized carbons (Fsp3) is 0.391. The lowest BCUT2D eigenvalue weighted by Gasteiger charge is -2.39. The Morgan fingerprint density at radius 2 is 1.76 bits per heavy atom. The number of likely N-dealkylation sites (N-methyl/N-ethyl adjacent to an activating group) is 1. The lowest BCUT2D eigenvalue weighted by Crippen LogP contribution is -2.44. The Balaban J connectivity index is 1.69. The zero-order valence-electron chi connectivity index (χ0n) is 16.5. The van der Waals surface area contributed by atoms with Gasteiger partial charge < -0.3 is 10.2 Å². The van der Waals surface area contributed by atoms with Gasteiger partial charge in [0.1, 0.15) is 0 Å². The molecule has 1 saturated heterocycles. The Bertz CT molecular complexity index is 879. The normalized spacial score (nSPS) is 15.5. The maximum Gasteiger partial charge on any atom is 0.223 e. The van der Waals surface area contributed by atoms with E-state index in [1.165, 1.54) is 5.56 Å². The molecule has 0 aliphatic carbocycles. The fourth-order valence-corrected chi connectivity index (χ4v) is 5.36. The van der Waals surface area contributed by atoms with Crippen molar-refractivity contribution >= 4 is 37.8 Å². The topological polar surface area (TPSA) is 56.1 Å². The van der Waals surface area contributed by atoms with Crippen molar-refractivity contribution < 1.29 is 4.79 Å². The average molecular weight is 519 g/mol. The summed E-state index contributed by atoms with van der Waals surface area (Å²) >= 11 is 7.04. The predicted molar refractivity (Wildman–Crippen MR) is 123 cm³/mol. The number of hydrogen-bond acceptors (Lipinski definition) is 3. The van der Waals surface area contributed by atoms with Crippen LogP contribution in [0, 0.1) is 11.3 Å². The second kappa shape index (κ2) is 9.88. The van der Waals surface area contributed by atoms with Gasteiger partial charge >= 0.3 is 0 Å². The van der Waals surface area contributed by atoms with Crippen molar-refractivity contribution in [3.8, 4) is 6.07 Å². The molecule has 0 atom stereocenters. The van der Waals surface area contributed by atoms with Crippen molar-refractivity contribution in [3.05, 3.63) is 68.1 Å². The molecule has 4 nitrogen and oxygen atoms in total. The third-order valence-corrected chi connectivity index (χ3v) is 6.68. The number of hydrogen-bond donors (Lipinski definition) is 1. The summed E-state index contributed by atoms with van der Waals surface area (Å²) < 4.78 is 2.07. The first-order chi connectivity index (χ1) is 13.9. The summed E-state index contributed by atoms with van der Waals surface area (Å²) in [4.78, 5) is 15.0. The summed E-state index contributed by atoms with van der Waals surface area (Å²) in [6.07, 6.45) is 3.17. The number of halogens is 2. The van der Waals surface area contributed by atoms with E-state index in [4.69, 9.17) is 5.26 Å². The van der Waals surface area contributed by atoms with Gasteiger partial charge in [-0.3, -0.25) is 4.79 Å². The molecular formula is C23H25Br2N3O. The Kier molecular flexibility index (Phi) is 7.50. The number of piperidine rings is 1. The molecule has 6 heteroatoms. The minimum atomic E-state index is -0.163. The molecule has 0 bridgehead atoms. The predicted octanol–water partition coefficient (Wildman–Crippen LogP) is 4.80. The zero-order chi connectivity index (χ0) is 20.9. The van der Waals surface area contributed by atoms with E-state index in [-0.39, 0.29) is 11.3 Å². The molecular weight excluding hydrogens is 494 g/mol. The van der Waals surface area contributed by atoms with Crippen LogP contribution in [-0.2, 0) is 16.6 Å². The lowest BCUT2D eigenvalue weighted by molar-refractivity contribution is -0.131.